The standard InChI is InChI=1S/C5H11NO/c1-6(2)4-5-7-3/h4-5H,1-3H3/b5-4-. The zero-order chi connectivity index (χ0) is 5.70. The van der Waals surface area contributed by atoms with Crippen molar-refractivity contribution in [1.82, 2.24) is 4.90 Å². The van der Waals surface area contributed by atoms with Crippen LogP contribution in [0.1, 0.15) is 0 Å². The Morgan fingerprint density at radius 1 is 1.43 bits per heavy atom. The summed E-state index contributed by atoms with van der Waals surface area (Å²) in [5, 5.41) is 0. The predicted octanol–water partition coefficient (Wildman–Crippen LogP) is 0.666. The van der Waals surface area contributed by atoms with E-state index in [-0.39, 0.29) is 0 Å². The lowest BCUT2D eigenvalue weighted by Crippen LogP contribution is -1.99. The molecular formula is C5H11NO. The van der Waals surface area contributed by atoms with E-state index in [2.05, 4.69) is 4.74 Å². The molecule has 0 radical (unpaired) electrons. The summed E-state index contributed by atoms with van der Waals surface area (Å²) in [7, 11) is 5.50. The molecule has 0 aliphatic rings. The summed E-state index contributed by atoms with van der Waals surface area (Å²) in [6, 6.07) is 0. The minimum absolute atomic E-state index is 1.62. The highest BCUT2D eigenvalue weighted by Gasteiger charge is 1.69. The Hall–Kier alpha value is -0.660. The number of hydrogen-bond donors (Lipinski definition) is 0. The monoisotopic (exact) mass is 101 g/mol. The van der Waals surface area contributed by atoms with Gasteiger partial charge in [0.25, 0.3) is 0 Å². The predicted molar refractivity (Wildman–Crippen MR) is 29.8 cm³/mol. The first kappa shape index (κ1) is 6.34. The van der Waals surface area contributed by atoms with Crippen LogP contribution in [0.15, 0.2) is 12.5 Å². The van der Waals surface area contributed by atoms with Gasteiger partial charge in [-0.2, -0.15) is 0 Å². The summed E-state index contributed by atoms with van der Waals surface area (Å²) in [5.74, 6) is 0. The lowest BCUT2D eigenvalue weighted by Gasteiger charge is -2.00. The van der Waals surface area contributed by atoms with E-state index >= 15 is 0 Å². The first-order chi connectivity index (χ1) is 3.27. The molecule has 0 fully saturated rings. The number of hydrogen-bond acceptors (Lipinski definition) is 2. The van der Waals surface area contributed by atoms with Crippen molar-refractivity contribution in [1.29, 1.82) is 0 Å². The maximum Gasteiger partial charge on any atom is 0.0983 e. The summed E-state index contributed by atoms with van der Waals surface area (Å²) in [6.07, 6.45) is 3.46. The van der Waals surface area contributed by atoms with Crippen LogP contribution in [0.2, 0.25) is 0 Å². The van der Waals surface area contributed by atoms with Crippen LogP contribution in [0.25, 0.3) is 0 Å². The summed E-state index contributed by atoms with van der Waals surface area (Å²) in [4.78, 5) is 1.91. The van der Waals surface area contributed by atoms with Crippen LogP contribution in [0, 0.1) is 0 Å². The largest absolute Gasteiger partial charge is 0.503 e. The van der Waals surface area contributed by atoms with E-state index in [0.717, 1.165) is 0 Å². The molecule has 0 saturated heterocycles. The van der Waals surface area contributed by atoms with Gasteiger partial charge in [-0.05, 0) is 0 Å². The molecule has 0 amide bonds. The van der Waals surface area contributed by atoms with Gasteiger partial charge < -0.3 is 9.64 Å². The van der Waals surface area contributed by atoms with Gasteiger partial charge in [-0.25, -0.2) is 0 Å². The lowest BCUT2D eigenvalue weighted by atomic mass is 10.8. The van der Waals surface area contributed by atoms with Crippen LogP contribution in [0.3, 0.4) is 0 Å². The Morgan fingerprint density at radius 3 is 2.14 bits per heavy atom. The molecule has 0 saturated carbocycles. The Kier molecular flexibility index (Phi) is 3.19. The van der Waals surface area contributed by atoms with Crippen molar-refractivity contribution in [2.24, 2.45) is 0 Å². The molecule has 7 heavy (non-hydrogen) atoms. The third kappa shape index (κ3) is 5.34. The van der Waals surface area contributed by atoms with E-state index in [1.807, 2.05) is 25.2 Å². The van der Waals surface area contributed by atoms with Crippen molar-refractivity contribution in [3.05, 3.63) is 12.5 Å². The topological polar surface area (TPSA) is 12.5 Å². The summed E-state index contributed by atoms with van der Waals surface area (Å²) in [6.45, 7) is 0. The highest BCUT2D eigenvalue weighted by atomic mass is 16.5. The van der Waals surface area contributed by atoms with Gasteiger partial charge in [-0.1, -0.05) is 0 Å². The van der Waals surface area contributed by atoms with Crippen LogP contribution in [-0.4, -0.2) is 26.1 Å². The van der Waals surface area contributed by atoms with E-state index < -0.39 is 0 Å². The fraction of sp³-hybridized carbons (Fsp3) is 0.600. The van der Waals surface area contributed by atoms with E-state index in [1.165, 1.54) is 0 Å². The van der Waals surface area contributed by atoms with E-state index in [9.17, 15) is 0 Å². The van der Waals surface area contributed by atoms with Gasteiger partial charge >= 0.3 is 0 Å². The molecule has 0 aromatic carbocycles. The van der Waals surface area contributed by atoms with Crippen molar-refractivity contribution in [2.75, 3.05) is 21.2 Å². The zero-order valence-electron chi connectivity index (χ0n) is 5.01. The van der Waals surface area contributed by atoms with Gasteiger partial charge in [0, 0.05) is 20.3 Å². The van der Waals surface area contributed by atoms with Crippen LogP contribution < -0.4 is 0 Å². The molecule has 0 spiro atoms. The molecule has 0 atom stereocenters. The fourth-order valence-corrected chi connectivity index (χ4v) is 0.183. The molecule has 0 unspecified atom stereocenters. The van der Waals surface area contributed by atoms with Crippen molar-refractivity contribution in [2.45, 2.75) is 0 Å². The quantitative estimate of drug-likeness (QED) is 0.474. The molecule has 0 rings (SSSR count). The second-order valence-electron chi connectivity index (χ2n) is 1.48. The maximum atomic E-state index is 4.63. The third-order valence-electron chi connectivity index (χ3n) is 0.495. The van der Waals surface area contributed by atoms with Crippen LogP contribution >= 0.6 is 0 Å². The molecule has 0 aliphatic carbocycles. The maximum absolute atomic E-state index is 4.63. The smallest absolute Gasteiger partial charge is 0.0983 e. The van der Waals surface area contributed by atoms with Gasteiger partial charge in [0.05, 0.1) is 13.4 Å². The molecule has 0 aromatic heterocycles. The number of methoxy groups -OCH3 is 1. The van der Waals surface area contributed by atoms with Crippen molar-refractivity contribution in [3.8, 4) is 0 Å². The molecule has 0 bridgehead atoms. The van der Waals surface area contributed by atoms with Crippen molar-refractivity contribution in [3.63, 3.8) is 0 Å². The Bertz CT molecular complexity index is 59.1. The fourth-order valence-electron chi connectivity index (χ4n) is 0.183. The van der Waals surface area contributed by atoms with E-state index in [1.54, 1.807) is 13.4 Å². The average Bonchev–Trinajstić information content (AvgIpc) is 1.61. The second-order valence-corrected chi connectivity index (χ2v) is 1.48. The summed E-state index contributed by atoms with van der Waals surface area (Å²) >= 11 is 0. The Balaban J connectivity index is 3.08. The molecule has 0 heterocycles. The van der Waals surface area contributed by atoms with Crippen LogP contribution in [0.5, 0.6) is 0 Å². The van der Waals surface area contributed by atoms with Gasteiger partial charge in [0.15, 0.2) is 0 Å². The number of rotatable bonds is 2. The highest BCUT2D eigenvalue weighted by Crippen LogP contribution is 1.74. The van der Waals surface area contributed by atoms with E-state index in [4.69, 9.17) is 0 Å². The number of ether oxygens (including phenoxy) is 1. The average molecular weight is 101 g/mol. The van der Waals surface area contributed by atoms with Gasteiger partial charge in [-0.15, -0.1) is 0 Å². The Morgan fingerprint density at radius 2 is 2.00 bits per heavy atom. The van der Waals surface area contributed by atoms with Gasteiger partial charge in [-0.3, -0.25) is 0 Å². The SMILES string of the molecule is CO/C=C\N(C)C. The zero-order valence-corrected chi connectivity index (χ0v) is 5.01. The molecule has 0 aromatic rings. The minimum atomic E-state index is 1.62. The summed E-state index contributed by atoms with van der Waals surface area (Å²) < 4.78 is 4.63. The first-order valence-corrected chi connectivity index (χ1v) is 2.13. The Labute approximate surface area is 44.4 Å². The minimum Gasteiger partial charge on any atom is -0.503 e. The van der Waals surface area contributed by atoms with Crippen molar-refractivity contribution >= 4 is 0 Å². The molecule has 2 nitrogen and oxygen atoms in total. The summed E-state index contributed by atoms with van der Waals surface area (Å²) in [5.41, 5.74) is 0. The van der Waals surface area contributed by atoms with Crippen LogP contribution in [0.4, 0.5) is 0 Å². The van der Waals surface area contributed by atoms with E-state index in [0.29, 0.717) is 0 Å². The molecule has 0 N–H and O–H groups in total. The second kappa shape index (κ2) is 3.53. The molecule has 0 aliphatic heterocycles. The molecule has 2 heteroatoms. The normalized spacial score (nSPS) is 9.57. The van der Waals surface area contributed by atoms with Crippen molar-refractivity contribution < 1.29 is 4.74 Å². The molecular weight excluding hydrogens is 90.1 g/mol. The lowest BCUT2D eigenvalue weighted by molar-refractivity contribution is 0.328. The van der Waals surface area contributed by atoms with Gasteiger partial charge in [0.1, 0.15) is 0 Å². The van der Waals surface area contributed by atoms with Gasteiger partial charge in [0.2, 0.25) is 0 Å². The number of nitrogens with zero attached hydrogens (tertiary/aromatic N) is 1. The third-order valence-corrected chi connectivity index (χ3v) is 0.495. The molecule has 42 valence electrons. The van der Waals surface area contributed by atoms with Crippen LogP contribution in [-0.2, 0) is 4.74 Å². The first-order valence-electron chi connectivity index (χ1n) is 2.13. The highest BCUT2D eigenvalue weighted by molar-refractivity contribution is 4.67.